The normalized spacial score (nSPS) is 46.9. The van der Waals surface area contributed by atoms with Crippen molar-refractivity contribution in [3.05, 3.63) is 0 Å². The summed E-state index contributed by atoms with van der Waals surface area (Å²) in [5.41, 5.74) is -0.0288. The summed E-state index contributed by atoms with van der Waals surface area (Å²) in [7, 11) is 0. The van der Waals surface area contributed by atoms with Crippen molar-refractivity contribution in [3.8, 4) is 0 Å². The summed E-state index contributed by atoms with van der Waals surface area (Å²) >= 11 is 0. The maximum Gasteiger partial charge on any atom is 0.312 e. The van der Waals surface area contributed by atoms with Gasteiger partial charge in [-0.25, -0.2) is 0 Å². The van der Waals surface area contributed by atoms with Crippen LogP contribution in [0.3, 0.4) is 0 Å². The summed E-state index contributed by atoms with van der Waals surface area (Å²) in [5.74, 6) is 2.32. The summed E-state index contributed by atoms with van der Waals surface area (Å²) in [4.78, 5) is 12.2. The Balaban J connectivity index is 1.91. The molecule has 0 N–H and O–H groups in total. The van der Waals surface area contributed by atoms with E-state index in [9.17, 15) is 4.79 Å². The molecule has 3 unspecified atom stereocenters. The fourth-order valence-corrected chi connectivity index (χ4v) is 4.76. The van der Waals surface area contributed by atoms with Crippen LogP contribution in [0, 0.1) is 23.2 Å². The van der Waals surface area contributed by atoms with E-state index in [1.807, 2.05) is 6.92 Å². The van der Waals surface area contributed by atoms with Gasteiger partial charge in [-0.3, -0.25) is 4.79 Å². The first-order valence-electron chi connectivity index (χ1n) is 6.46. The van der Waals surface area contributed by atoms with E-state index >= 15 is 0 Å². The van der Waals surface area contributed by atoms with Gasteiger partial charge in [-0.05, 0) is 56.8 Å². The van der Waals surface area contributed by atoms with Gasteiger partial charge in [0.25, 0.3) is 0 Å². The minimum absolute atomic E-state index is 0.0288. The van der Waals surface area contributed by atoms with E-state index in [1.165, 1.54) is 32.1 Å². The van der Waals surface area contributed by atoms with Gasteiger partial charge in [0.05, 0.1) is 12.0 Å². The topological polar surface area (TPSA) is 26.3 Å². The second-order valence-electron chi connectivity index (χ2n) is 5.53. The molecule has 0 saturated heterocycles. The van der Waals surface area contributed by atoms with Gasteiger partial charge in [0.15, 0.2) is 0 Å². The van der Waals surface area contributed by atoms with E-state index in [0.717, 1.165) is 12.3 Å². The summed E-state index contributed by atoms with van der Waals surface area (Å²) in [6.45, 7) is 2.47. The zero-order chi connectivity index (χ0) is 10.5. The van der Waals surface area contributed by atoms with Crippen molar-refractivity contribution in [3.63, 3.8) is 0 Å². The van der Waals surface area contributed by atoms with Crippen LogP contribution in [0.4, 0.5) is 0 Å². The van der Waals surface area contributed by atoms with Gasteiger partial charge in [0, 0.05) is 0 Å². The quantitative estimate of drug-likeness (QED) is 0.652. The highest BCUT2D eigenvalue weighted by molar-refractivity contribution is 5.79. The first kappa shape index (κ1) is 9.68. The molecule has 0 spiro atoms. The Morgan fingerprint density at radius 3 is 3.07 bits per heavy atom. The largest absolute Gasteiger partial charge is 0.466 e. The fourth-order valence-electron chi connectivity index (χ4n) is 4.76. The monoisotopic (exact) mass is 208 g/mol. The Labute approximate surface area is 91.4 Å². The van der Waals surface area contributed by atoms with Crippen LogP contribution < -0.4 is 0 Å². The smallest absolute Gasteiger partial charge is 0.312 e. The van der Waals surface area contributed by atoms with Crippen molar-refractivity contribution in [1.29, 1.82) is 0 Å². The molecular formula is C13H20O2. The van der Waals surface area contributed by atoms with Crippen LogP contribution in [0.1, 0.15) is 45.4 Å². The molecule has 0 aromatic heterocycles. The maximum atomic E-state index is 12.2. The molecule has 0 radical (unpaired) electrons. The first-order valence-corrected chi connectivity index (χ1v) is 6.46. The molecule has 0 amide bonds. The molecule has 84 valence electrons. The Hall–Kier alpha value is -0.530. The van der Waals surface area contributed by atoms with E-state index in [-0.39, 0.29) is 11.4 Å². The fraction of sp³-hybridized carbons (Fsp3) is 0.923. The lowest BCUT2D eigenvalue weighted by Crippen LogP contribution is -2.41. The molecule has 2 nitrogen and oxygen atoms in total. The number of esters is 1. The molecule has 4 atom stereocenters. The lowest BCUT2D eigenvalue weighted by atomic mass is 9.68. The third-order valence-electron chi connectivity index (χ3n) is 5.19. The standard InChI is InChI=1S/C13H20O2/c1-2-15-12(14)13-7-3-4-11(13)9-5-6-10(13)8-9/h9-11H,2-8H2,1H3/t9?,10?,11?,13-/m1/s1. The second-order valence-corrected chi connectivity index (χ2v) is 5.53. The summed E-state index contributed by atoms with van der Waals surface area (Å²) in [6.07, 6.45) is 7.59. The average Bonchev–Trinajstić information content (AvgIpc) is 2.90. The van der Waals surface area contributed by atoms with E-state index in [4.69, 9.17) is 4.74 Å². The van der Waals surface area contributed by atoms with Gasteiger partial charge in [0.2, 0.25) is 0 Å². The van der Waals surface area contributed by atoms with Gasteiger partial charge in [-0.2, -0.15) is 0 Å². The summed E-state index contributed by atoms with van der Waals surface area (Å²) in [5, 5.41) is 0. The zero-order valence-corrected chi connectivity index (χ0v) is 9.50. The van der Waals surface area contributed by atoms with Crippen LogP contribution in [0.2, 0.25) is 0 Å². The Kier molecular flexibility index (Phi) is 2.08. The minimum Gasteiger partial charge on any atom is -0.466 e. The Morgan fingerprint density at radius 1 is 1.40 bits per heavy atom. The SMILES string of the molecule is CCOC(=O)[C@@]12CCCC1C1CCC2C1. The van der Waals surface area contributed by atoms with E-state index < -0.39 is 0 Å². The number of hydrogen-bond acceptors (Lipinski definition) is 2. The van der Waals surface area contributed by atoms with Gasteiger partial charge in [-0.15, -0.1) is 0 Å². The molecule has 0 heterocycles. The van der Waals surface area contributed by atoms with Crippen molar-refractivity contribution >= 4 is 5.97 Å². The maximum absolute atomic E-state index is 12.2. The molecule has 0 aliphatic heterocycles. The minimum atomic E-state index is -0.0288. The lowest BCUT2D eigenvalue weighted by molar-refractivity contribution is -0.161. The van der Waals surface area contributed by atoms with Crippen LogP contribution >= 0.6 is 0 Å². The van der Waals surface area contributed by atoms with Crippen molar-refractivity contribution in [1.82, 2.24) is 0 Å². The van der Waals surface area contributed by atoms with Crippen molar-refractivity contribution in [2.75, 3.05) is 6.61 Å². The van der Waals surface area contributed by atoms with Gasteiger partial charge < -0.3 is 4.74 Å². The average molecular weight is 208 g/mol. The van der Waals surface area contributed by atoms with E-state index in [1.54, 1.807) is 0 Å². The molecule has 3 aliphatic rings. The number of carbonyl (C=O) groups excluding carboxylic acids is 1. The third-order valence-corrected chi connectivity index (χ3v) is 5.19. The third kappa shape index (κ3) is 1.08. The Bertz CT molecular complexity index is 286. The predicted molar refractivity (Wildman–Crippen MR) is 57.2 cm³/mol. The zero-order valence-electron chi connectivity index (χ0n) is 9.50. The molecule has 0 aromatic rings. The van der Waals surface area contributed by atoms with E-state index in [0.29, 0.717) is 18.4 Å². The molecule has 3 fully saturated rings. The van der Waals surface area contributed by atoms with Gasteiger partial charge >= 0.3 is 5.97 Å². The molecule has 3 aliphatic carbocycles. The van der Waals surface area contributed by atoms with Crippen LogP contribution in [-0.2, 0) is 9.53 Å². The van der Waals surface area contributed by atoms with Crippen LogP contribution in [0.5, 0.6) is 0 Å². The highest BCUT2D eigenvalue weighted by atomic mass is 16.5. The molecular weight excluding hydrogens is 188 g/mol. The van der Waals surface area contributed by atoms with E-state index in [2.05, 4.69) is 0 Å². The molecule has 0 aromatic carbocycles. The Morgan fingerprint density at radius 2 is 2.27 bits per heavy atom. The van der Waals surface area contributed by atoms with Crippen LogP contribution in [0.15, 0.2) is 0 Å². The molecule has 2 heteroatoms. The highest BCUT2D eigenvalue weighted by Gasteiger charge is 2.64. The molecule has 15 heavy (non-hydrogen) atoms. The summed E-state index contributed by atoms with van der Waals surface area (Å²) < 4.78 is 5.34. The van der Waals surface area contributed by atoms with Crippen LogP contribution in [-0.4, -0.2) is 12.6 Å². The molecule has 3 saturated carbocycles. The number of rotatable bonds is 2. The second kappa shape index (κ2) is 3.23. The van der Waals surface area contributed by atoms with Crippen LogP contribution in [0.25, 0.3) is 0 Å². The molecule has 2 bridgehead atoms. The number of ether oxygens (including phenoxy) is 1. The number of hydrogen-bond donors (Lipinski definition) is 0. The number of fused-ring (bicyclic) bond motifs is 5. The van der Waals surface area contributed by atoms with Gasteiger partial charge in [0.1, 0.15) is 0 Å². The van der Waals surface area contributed by atoms with Crippen molar-refractivity contribution in [2.45, 2.75) is 45.4 Å². The lowest BCUT2D eigenvalue weighted by Gasteiger charge is -2.36. The molecule has 3 rings (SSSR count). The number of carbonyl (C=O) groups is 1. The summed E-state index contributed by atoms with van der Waals surface area (Å²) in [6, 6.07) is 0. The predicted octanol–water partition coefficient (Wildman–Crippen LogP) is 2.77. The van der Waals surface area contributed by atoms with Gasteiger partial charge in [-0.1, -0.05) is 6.42 Å². The highest BCUT2D eigenvalue weighted by Crippen LogP contribution is 2.66. The first-order chi connectivity index (χ1) is 7.29. The van der Waals surface area contributed by atoms with Crippen molar-refractivity contribution in [2.24, 2.45) is 23.2 Å². The van der Waals surface area contributed by atoms with Crippen molar-refractivity contribution < 1.29 is 9.53 Å².